The van der Waals surface area contributed by atoms with Gasteiger partial charge in [-0.05, 0) is 24.7 Å². The van der Waals surface area contributed by atoms with E-state index in [1.807, 2.05) is 13.8 Å². The van der Waals surface area contributed by atoms with E-state index in [0.717, 1.165) is 0 Å². The lowest BCUT2D eigenvalue weighted by atomic mass is 9.92. The number of nitrogens with two attached hydrogens (primary N) is 1. The van der Waals surface area contributed by atoms with Gasteiger partial charge in [-0.3, -0.25) is 9.59 Å². The maximum Gasteiger partial charge on any atom is 0.312 e. The van der Waals surface area contributed by atoms with Gasteiger partial charge < -0.3 is 21.1 Å². The number of rotatable bonds is 5. The van der Waals surface area contributed by atoms with Gasteiger partial charge in [0.2, 0.25) is 5.91 Å². The number of urea groups is 1. The molecule has 1 unspecified atom stereocenters. The van der Waals surface area contributed by atoms with Gasteiger partial charge in [0.05, 0.1) is 0 Å². The molecule has 7 nitrogen and oxygen atoms in total. The van der Waals surface area contributed by atoms with E-state index in [4.69, 9.17) is 10.8 Å². The highest BCUT2D eigenvalue weighted by Gasteiger charge is 2.31. The van der Waals surface area contributed by atoms with Crippen LogP contribution in [0.25, 0.3) is 0 Å². The molecule has 1 rings (SSSR count). The van der Waals surface area contributed by atoms with Crippen LogP contribution >= 0.6 is 0 Å². The Morgan fingerprint density at radius 3 is 2.25 bits per heavy atom. The van der Waals surface area contributed by atoms with Crippen molar-refractivity contribution >= 4 is 17.9 Å². The molecular formula is C13H23N3O4. The lowest BCUT2D eigenvalue weighted by molar-refractivity contribution is -0.139. The fourth-order valence-electron chi connectivity index (χ4n) is 2.47. The van der Waals surface area contributed by atoms with Crippen LogP contribution in [0.3, 0.4) is 0 Å². The molecule has 7 heteroatoms. The molecule has 0 aromatic heterocycles. The zero-order valence-corrected chi connectivity index (χ0v) is 12.0. The number of carbonyl (C=O) groups is 3. The van der Waals surface area contributed by atoms with Crippen molar-refractivity contribution in [2.75, 3.05) is 13.1 Å². The molecule has 0 radical (unpaired) electrons. The van der Waals surface area contributed by atoms with Crippen LogP contribution in [-0.4, -0.2) is 47.0 Å². The third-order valence-electron chi connectivity index (χ3n) is 3.62. The predicted octanol–water partition coefficient (Wildman–Crippen LogP) is 0.393. The van der Waals surface area contributed by atoms with E-state index in [0.29, 0.717) is 25.9 Å². The number of nitrogens with one attached hydrogen (secondary N) is 1. The topological polar surface area (TPSA) is 113 Å². The fourth-order valence-corrected chi connectivity index (χ4v) is 2.47. The molecule has 3 amide bonds. The van der Waals surface area contributed by atoms with Crippen molar-refractivity contribution in [1.29, 1.82) is 0 Å². The number of likely N-dealkylation sites (tertiary alicyclic amines) is 1. The lowest BCUT2D eigenvalue weighted by Gasteiger charge is -2.34. The molecule has 1 fully saturated rings. The number of aliphatic carboxylic acids is 1. The molecule has 4 N–H and O–H groups in total. The maximum absolute atomic E-state index is 12.3. The normalized spacial score (nSPS) is 17.9. The van der Waals surface area contributed by atoms with Gasteiger partial charge in [-0.25, -0.2) is 4.79 Å². The zero-order valence-electron chi connectivity index (χ0n) is 12.0. The molecule has 0 bridgehead atoms. The summed E-state index contributed by atoms with van der Waals surface area (Å²) < 4.78 is 0. The van der Waals surface area contributed by atoms with Gasteiger partial charge in [-0.15, -0.1) is 0 Å². The quantitative estimate of drug-likeness (QED) is 0.678. The number of amides is 3. The third kappa shape index (κ3) is 4.71. The summed E-state index contributed by atoms with van der Waals surface area (Å²) in [7, 11) is 0. The first kappa shape index (κ1) is 16.3. The second-order valence-corrected chi connectivity index (χ2v) is 5.60. The van der Waals surface area contributed by atoms with Gasteiger partial charge in [-0.2, -0.15) is 0 Å². The van der Waals surface area contributed by atoms with Gasteiger partial charge in [0.1, 0.15) is 6.04 Å². The number of nitrogens with zero attached hydrogens (tertiary/aromatic N) is 1. The van der Waals surface area contributed by atoms with Crippen LogP contribution in [0.1, 0.15) is 33.1 Å². The van der Waals surface area contributed by atoms with Gasteiger partial charge >= 0.3 is 12.0 Å². The van der Waals surface area contributed by atoms with Crippen LogP contribution < -0.4 is 11.1 Å². The number of hydrogen-bond acceptors (Lipinski definition) is 3. The van der Waals surface area contributed by atoms with E-state index < -0.39 is 18.0 Å². The summed E-state index contributed by atoms with van der Waals surface area (Å²) in [5.41, 5.74) is 5.09. The highest BCUT2D eigenvalue weighted by atomic mass is 16.4. The summed E-state index contributed by atoms with van der Waals surface area (Å²) in [6.07, 6.45) is 1.51. The van der Waals surface area contributed by atoms with Crippen LogP contribution in [0.15, 0.2) is 0 Å². The Labute approximate surface area is 118 Å². The summed E-state index contributed by atoms with van der Waals surface area (Å²) in [5, 5.41) is 11.2. The lowest BCUT2D eigenvalue weighted by Crippen LogP contribution is -2.54. The van der Waals surface area contributed by atoms with Crippen molar-refractivity contribution < 1.29 is 19.5 Å². The van der Waals surface area contributed by atoms with E-state index >= 15 is 0 Å². The second kappa shape index (κ2) is 7.12. The number of piperidine rings is 1. The van der Waals surface area contributed by atoms with E-state index in [1.165, 1.54) is 0 Å². The third-order valence-corrected chi connectivity index (χ3v) is 3.62. The van der Waals surface area contributed by atoms with Gasteiger partial charge in [0.15, 0.2) is 0 Å². The second-order valence-electron chi connectivity index (χ2n) is 5.60. The van der Waals surface area contributed by atoms with E-state index in [1.54, 1.807) is 4.90 Å². The highest BCUT2D eigenvalue weighted by molar-refractivity contribution is 5.86. The summed E-state index contributed by atoms with van der Waals surface area (Å²) in [5.74, 6) is -0.873. The number of carbonyl (C=O) groups excluding carboxylic acids is 2. The van der Waals surface area contributed by atoms with E-state index in [-0.39, 0.29) is 24.2 Å². The fraction of sp³-hybridized carbons (Fsp3) is 0.769. The van der Waals surface area contributed by atoms with Crippen molar-refractivity contribution in [2.45, 2.75) is 39.2 Å². The maximum atomic E-state index is 12.3. The molecule has 0 saturated carbocycles. The monoisotopic (exact) mass is 285 g/mol. The molecule has 114 valence electrons. The van der Waals surface area contributed by atoms with Crippen LogP contribution in [0, 0.1) is 11.8 Å². The molecule has 1 saturated heterocycles. The molecule has 0 aliphatic carbocycles. The molecule has 0 aromatic rings. The van der Waals surface area contributed by atoms with Crippen LogP contribution in [0.5, 0.6) is 0 Å². The van der Waals surface area contributed by atoms with E-state index in [9.17, 15) is 14.4 Å². The molecule has 1 heterocycles. The summed E-state index contributed by atoms with van der Waals surface area (Å²) in [4.78, 5) is 35.6. The smallest absolute Gasteiger partial charge is 0.312 e. The SMILES string of the molecule is CC(C)C(NC(N)=O)C(=O)N1CCC(CC(=O)O)CC1. The predicted molar refractivity (Wildman–Crippen MR) is 72.9 cm³/mol. The summed E-state index contributed by atoms with van der Waals surface area (Å²) in [6.45, 7) is 4.74. The molecule has 20 heavy (non-hydrogen) atoms. The van der Waals surface area contributed by atoms with Crippen LogP contribution in [0.2, 0.25) is 0 Å². The first-order valence-corrected chi connectivity index (χ1v) is 6.87. The summed E-state index contributed by atoms with van der Waals surface area (Å²) >= 11 is 0. The van der Waals surface area contributed by atoms with E-state index in [2.05, 4.69) is 5.32 Å². The Bertz CT molecular complexity index is 376. The minimum Gasteiger partial charge on any atom is -0.481 e. The van der Waals surface area contributed by atoms with Crippen LogP contribution in [0.4, 0.5) is 4.79 Å². The number of hydrogen-bond donors (Lipinski definition) is 3. The Balaban J connectivity index is 2.55. The van der Waals surface area contributed by atoms with Crippen molar-refractivity contribution in [1.82, 2.24) is 10.2 Å². The van der Waals surface area contributed by atoms with Crippen molar-refractivity contribution in [3.05, 3.63) is 0 Å². The van der Waals surface area contributed by atoms with Crippen molar-refractivity contribution in [2.24, 2.45) is 17.6 Å². The molecule has 1 aliphatic rings. The van der Waals surface area contributed by atoms with Gasteiger partial charge in [-0.1, -0.05) is 13.8 Å². The Morgan fingerprint density at radius 2 is 1.85 bits per heavy atom. The van der Waals surface area contributed by atoms with Crippen LogP contribution in [-0.2, 0) is 9.59 Å². The summed E-state index contributed by atoms with van der Waals surface area (Å²) in [6, 6.07) is -1.33. The number of primary amides is 1. The molecule has 1 atom stereocenters. The first-order valence-electron chi connectivity index (χ1n) is 6.87. The minimum absolute atomic E-state index is 0.0493. The highest BCUT2D eigenvalue weighted by Crippen LogP contribution is 2.21. The molecular weight excluding hydrogens is 262 g/mol. The largest absolute Gasteiger partial charge is 0.481 e. The Kier molecular flexibility index (Phi) is 5.79. The Morgan fingerprint density at radius 1 is 1.30 bits per heavy atom. The molecule has 0 spiro atoms. The number of carboxylic acid groups (broad SMARTS) is 1. The first-order chi connectivity index (χ1) is 9.31. The average molecular weight is 285 g/mol. The average Bonchev–Trinajstić information content (AvgIpc) is 2.35. The minimum atomic E-state index is -0.801. The molecule has 1 aliphatic heterocycles. The number of carboxylic acids is 1. The Hall–Kier alpha value is -1.79. The zero-order chi connectivity index (χ0) is 15.3. The molecule has 0 aromatic carbocycles. The van der Waals surface area contributed by atoms with Gasteiger partial charge in [0.25, 0.3) is 0 Å². The van der Waals surface area contributed by atoms with Gasteiger partial charge in [0, 0.05) is 19.5 Å². The standard InChI is InChI=1S/C13H23N3O4/c1-8(2)11(15-13(14)20)12(19)16-5-3-9(4-6-16)7-10(17)18/h8-9,11H,3-7H2,1-2H3,(H,17,18)(H3,14,15,20). The van der Waals surface area contributed by atoms with Crippen molar-refractivity contribution in [3.8, 4) is 0 Å². The van der Waals surface area contributed by atoms with Crippen molar-refractivity contribution in [3.63, 3.8) is 0 Å².